The fourth-order valence-corrected chi connectivity index (χ4v) is 2.13. The van der Waals surface area contributed by atoms with Crippen LogP contribution in [0.25, 0.3) is 0 Å². The summed E-state index contributed by atoms with van der Waals surface area (Å²) in [7, 11) is 2.99. The maximum absolute atomic E-state index is 12.1. The summed E-state index contributed by atoms with van der Waals surface area (Å²) in [5.41, 5.74) is 0.316. The normalized spacial score (nSPS) is 11.7. The van der Waals surface area contributed by atoms with Gasteiger partial charge in [0, 0.05) is 7.05 Å². The van der Waals surface area contributed by atoms with Gasteiger partial charge in [0.2, 0.25) is 11.8 Å². The maximum atomic E-state index is 12.1. The van der Waals surface area contributed by atoms with E-state index >= 15 is 0 Å². The molecule has 1 rings (SSSR count). The van der Waals surface area contributed by atoms with Crippen molar-refractivity contribution in [3.05, 3.63) is 28.2 Å². The van der Waals surface area contributed by atoms with E-state index in [0.717, 1.165) is 0 Å². The lowest BCUT2D eigenvalue weighted by Gasteiger charge is -2.23. The summed E-state index contributed by atoms with van der Waals surface area (Å²) >= 11 is 12.0. The second kappa shape index (κ2) is 8.71. The Labute approximate surface area is 144 Å². The standard InChI is InChI=1S/C14H18Cl2N4O3/c1-8(13(22)19-14(23)17-2)20(3)7-11(21)18-12-9(15)5-4-6-10(12)16/h4-6,8H,7H2,1-3H3,(H,18,21)(H2,17,19,22,23). The van der Waals surface area contributed by atoms with Crippen LogP contribution in [0.4, 0.5) is 10.5 Å². The Morgan fingerprint density at radius 3 is 2.30 bits per heavy atom. The molecule has 0 aliphatic rings. The molecule has 126 valence electrons. The lowest BCUT2D eigenvalue weighted by Crippen LogP contribution is -2.49. The molecule has 1 aromatic carbocycles. The van der Waals surface area contributed by atoms with Gasteiger partial charge in [-0.15, -0.1) is 0 Å². The average molecular weight is 361 g/mol. The molecule has 9 heteroatoms. The van der Waals surface area contributed by atoms with Crippen LogP contribution in [0.15, 0.2) is 18.2 Å². The number of nitrogens with zero attached hydrogens (tertiary/aromatic N) is 1. The largest absolute Gasteiger partial charge is 0.341 e. The molecule has 23 heavy (non-hydrogen) atoms. The molecule has 0 saturated heterocycles. The smallest absolute Gasteiger partial charge is 0.321 e. The zero-order valence-electron chi connectivity index (χ0n) is 12.9. The quantitative estimate of drug-likeness (QED) is 0.745. The van der Waals surface area contributed by atoms with Crippen LogP contribution in [0, 0.1) is 0 Å². The van der Waals surface area contributed by atoms with Gasteiger partial charge in [-0.25, -0.2) is 4.79 Å². The molecule has 0 aliphatic heterocycles. The zero-order chi connectivity index (χ0) is 17.6. The number of imide groups is 1. The second-order valence-electron chi connectivity index (χ2n) is 4.80. The van der Waals surface area contributed by atoms with Crippen LogP contribution in [-0.2, 0) is 9.59 Å². The van der Waals surface area contributed by atoms with Gasteiger partial charge in [0.25, 0.3) is 0 Å². The van der Waals surface area contributed by atoms with Crippen molar-refractivity contribution in [3.8, 4) is 0 Å². The summed E-state index contributed by atoms with van der Waals surface area (Å²) in [6, 6.07) is 3.58. The van der Waals surface area contributed by atoms with Gasteiger partial charge in [-0.05, 0) is 26.1 Å². The van der Waals surface area contributed by atoms with Crippen molar-refractivity contribution in [1.29, 1.82) is 0 Å². The van der Waals surface area contributed by atoms with Gasteiger partial charge in [0.1, 0.15) is 0 Å². The third-order valence-corrected chi connectivity index (χ3v) is 3.75. The van der Waals surface area contributed by atoms with E-state index in [1.54, 1.807) is 32.2 Å². The molecule has 0 radical (unpaired) electrons. The number of halogens is 2. The van der Waals surface area contributed by atoms with Crippen LogP contribution in [0.2, 0.25) is 10.0 Å². The lowest BCUT2D eigenvalue weighted by atomic mass is 10.2. The maximum Gasteiger partial charge on any atom is 0.321 e. The molecule has 0 aliphatic carbocycles. The molecule has 1 aromatic rings. The molecule has 0 saturated carbocycles. The van der Waals surface area contributed by atoms with Gasteiger partial charge < -0.3 is 10.6 Å². The minimum absolute atomic E-state index is 0.0795. The van der Waals surface area contributed by atoms with Gasteiger partial charge in [-0.1, -0.05) is 29.3 Å². The number of benzene rings is 1. The highest BCUT2D eigenvalue weighted by Gasteiger charge is 2.22. The number of hydrogen-bond donors (Lipinski definition) is 3. The van der Waals surface area contributed by atoms with Crippen LogP contribution < -0.4 is 16.0 Å². The highest BCUT2D eigenvalue weighted by atomic mass is 35.5. The predicted molar refractivity (Wildman–Crippen MR) is 89.8 cm³/mol. The molecule has 0 fully saturated rings. The number of anilines is 1. The van der Waals surface area contributed by atoms with Crippen molar-refractivity contribution in [2.24, 2.45) is 0 Å². The van der Waals surface area contributed by atoms with Crippen LogP contribution in [0.5, 0.6) is 0 Å². The van der Waals surface area contributed by atoms with Gasteiger partial charge >= 0.3 is 6.03 Å². The summed E-state index contributed by atoms with van der Waals surface area (Å²) in [6.07, 6.45) is 0. The van der Waals surface area contributed by atoms with E-state index < -0.39 is 18.0 Å². The number of urea groups is 1. The molecule has 0 aromatic heterocycles. The number of nitrogens with one attached hydrogen (secondary N) is 3. The van der Waals surface area contributed by atoms with E-state index in [2.05, 4.69) is 16.0 Å². The molecular weight excluding hydrogens is 343 g/mol. The van der Waals surface area contributed by atoms with E-state index in [1.807, 2.05) is 0 Å². The average Bonchev–Trinajstić information content (AvgIpc) is 2.49. The van der Waals surface area contributed by atoms with Crippen LogP contribution in [-0.4, -0.2) is 49.4 Å². The second-order valence-corrected chi connectivity index (χ2v) is 5.62. The van der Waals surface area contributed by atoms with E-state index in [1.165, 1.54) is 11.9 Å². The van der Waals surface area contributed by atoms with Crippen molar-refractivity contribution >= 4 is 46.7 Å². The molecule has 4 amide bonds. The summed E-state index contributed by atoms with van der Waals surface area (Å²) in [6.45, 7) is 1.50. The number of likely N-dealkylation sites (N-methyl/N-ethyl adjacent to an activating group) is 1. The number of rotatable bonds is 5. The molecule has 0 heterocycles. The number of amides is 4. The van der Waals surface area contributed by atoms with E-state index in [9.17, 15) is 14.4 Å². The van der Waals surface area contributed by atoms with Gasteiger partial charge in [0.05, 0.1) is 28.3 Å². The molecule has 3 N–H and O–H groups in total. The van der Waals surface area contributed by atoms with E-state index in [4.69, 9.17) is 23.2 Å². The fraction of sp³-hybridized carbons (Fsp3) is 0.357. The Kier molecular flexibility index (Phi) is 7.28. The fourth-order valence-electron chi connectivity index (χ4n) is 1.64. The zero-order valence-corrected chi connectivity index (χ0v) is 14.5. The number of para-hydroxylation sites is 1. The minimum Gasteiger partial charge on any atom is -0.341 e. The Balaban J connectivity index is 2.63. The molecule has 1 unspecified atom stereocenters. The Bertz CT molecular complexity index is 589. The first-order chi connectivity index (χ1) is 10.8. The summed E-state index contributed by atoms with van der Waals surface area (Å²) in [5.74, 6) is -0.905. The Morgan fingerprint density at radius 1 is 1.22 bits per heavy atom. The third kappa shape index (κ3) is 5.70. The Hall–Kier alpha value is -1.83. The minimum atomic E-state index is -0.681. The van der Waals surface area contributed by atoms with Gasteiger partial charge in [0.15, 0.2) is 0 Å². The first-order valence-electron chi connectivity index (χ1n) is 6.73. The van der Waals surface area contributed by atoms with Crippen molar-refractivity contribution in [1.82, 2.24) is 15.5 Å². The lowest BCUT2D eigenvalue weighted by molar-refractivity contribution is -0.125. The third-order valence-electron chi connectivity index (χ3n) is 3.12. The predicted octanol–water partition coefficient (Wildman–Crippen LogP) is 1.71. The number of carbonyl (C=O) groups is 3. The Morgan fingerprint density at radius 2 is 1.78 bits per heavy atom. The number of carbonyl (C=O) groups excluding carboxylic acids is 3. The highest BCUT2D eigenvalue weighted by molar-refractivity contribution is 6.39. The molecular formula is C14H18Cl2N4O3. The topological polar surface area (TPSA) is 90.5 Å². The molecule has 0 spiro atoms. The molecule has 7 nitrogen and oxygen atoms in total. The summed E-state index contributed by atoms with van der Waals surface area (Å²) < 4.78 is 0. The highest BCUT2D eigenvalue weighted by Crippen LogP contribution is 2.29. The van der Waals surface area contributed by atoms with Crippen molar-refractivity contribution < 1.29 is 14.4 Å². The van der Waals surface area contributed by atoms with Crippen LogP contribution >= 0.6 is 23.2 Å². The van der Waals surface area contributed by atoms with Crippen molar-refractivity contribution in [2.75, 3.05) is 26.0 Å². The summed E-state index contributed by atoms with van der Waals surface area (Å²) in [5, 5.41) is 7.66. The van der Waals surface area contributed by atoms with Gasteiger partial charge in [-0.2, -0.15) is 0 Å². The van der Waals surface area contributed by atoms with Crippen LogP contribution in [0.3, 0.4) is 0 Å². The summed E-state index contributed by atoms with van der Waals surface area (Å²) in [4.78, 5) is 36.5. The van der Waals surface area contributed by atoms with E-state index in [0.29, 0.717) is 15.7 Å². The monoisotopic (exact) mass is 360 g/mol. The van der Waals surface area contributed by atoms with Gasteiger partial charge in [-0.3, -0.25) is 19.8 Å². The first kappa shape index (κ1) is 19.2. The first-order valence-corrected chi connectivity index (χ1v) is 7.48. The van der Waals surface area contributed by atoms with Crippen molar-refractivity contribution in [3.63, 3.8) is 0 Å². The number of hydrogen-bond acceptors (Lipinski definition) is 4. The SMILES string of the molecule is CNC(=O)NC(=O)C(C)N(C)CC(=O)Nc1c(Cl)cccc1Cl. The van der Waals surface area contributed by atoms with E-state index in [-0.39, 0.29) is 12.5 Å². The molecule has 0 bridgehead atoms. The van der Waals surface area contributed by atoms with Crippen molar-refractivity contribution in [2.45, 2.75) is 13.0 Å². The molecule has 1 atom stereocenters. The van der Waals surface area contributed by atoms with Crippen LogP contribution in [0.1, 0.15) is 6.92 Å².